The maximum absolute atomic E-state index is 12.8. The molecule has 0 saturated heterocycles. The minimum absolute atomic E-state index is 0.103. The van der Waals surface area contributed by atoms with E-state index in [0.29, 0.717) is 19.3 Å². The number of carbonyl (C=O) groups is 3. The van der Waals surface area contributed by atoms with Gasteiger partial charge in [0.25, 0.3) is 0 Å². The summed E-state index contributed by atoms with van der Waals surface area (Å²) >= 11 is 0. The van der Waals surface area contributed by atoms with Gasteiger partial charge in [-0.25, -0.2) is 0 Å². The SMILES string of the molecule is CC\C=C/C=C\C=C/C=C\C=C/CCCC(=O)OCC(COC(=O)CCCCCCCCC/C=C\CCCCCCCC)OC(=O)CCCCCCCCC/C=C\CCCCCCCC. The van der Waals surface area contributed by atoms with Crippen molar-refractivity contribution in [3.05, 3.63) is 85.1 Å². The zero-order valence-electron chi connectivity index (χ0n) is 42.5. The molecule has 0 rings (SSSR count). The molecule has 0 aromatic carbocycles. The fourth-order valence-corrected chi connectivity index (χ4v) is 7.40. The van der Waals surface area contributed by atoms with E-state index in [0.717, 1.165) is 51.4 Å². The zero-order valence-corrected chi connectivity index (χ0v) is 42.5. The second-order valence-corrected chi connectivity index (χ2v) is 17.9. The van der Waals surface area contributed by atoms with Crippen molar-refractivity contribution >= 4 is 17.9 Å². The van der Waals surface area contributed by atoms with Gasteiger partial charge in [0.05, 0.1) is 0 Å². The summed E-state index contributed by atoms with van der Waals surface area (Å²) in [6.07, 6.45) is 68.6. The first-order valence-corrected chi connectivity index (χ1v) is 27.2. The highest BCUT2D eigenvalue weighted by atomic mass is 16.6. The first-order valence-electron chi connectivity index (χ1n) is 27.2. The van der Waals surface area contributed by atoms with Gasteiger partial charge in [0.2, 0.25) is 0 Å². The molecule has 0 bridgehead atoms. The summed E-state index contributed by atoms with van der Waals surface area (Å²) in [4.78, 5) is 38.0. The Bertz CT molecular complexity index is 1270. The molecule has 6 nitrogen and oxygen atoms in total. The normalized spacial score (nSPS) is 12.7. The molecule has 0 aromatic rings. The highest BCUT2D eigenvalue weighted by Gasteiger charge is 2.19. The molecule has 0 saturated carbocycles. The summed E-state index contributed by atoms with van der Waals surface area (Å²) in [7, 11) is 0. The number of allylic oxidation sites excluding steroid dienone is 14. The van der Waals surface area contributed by atoms with Crippen LogP contribution in [-0.2, 0) is 28.6 Å². The van der Waals surface area contributed by atoms with Crippen molar-refractivity contribution in [2.45, 2.75) is 258 Å². The van der Waals surface area contributed by atoms with Crippen LogP contribution in [0.1, 0.15) is 252 Å². The van der Waals surface area contributed by atoms with Gasteiger partial charge in [0.1, 0.15) is 13.2 Å². The van der Waals surface area contributed by atoms with Crippen LogP contribution >= 0.6 is 0 Å². The average molecular weight is 905 g/mol. The van der Waals surface area contributed by atoms with E-state index in [9.17, 15) is 14.4 Å². The van der Waals surface area contributed by atoms with Crippen LogP contribution < -0.4 is 0 Å². The van der Waals surface area contributed by atoms with Gasteiger partial charge < -0.3 is 14.2 Å². The molecule has 0 aliphatic rings. The minimum atomic E-state index is -0.809. The molecule has 0 aliphatic carbocycles. The predicted molar refractivity (Wildman–Crippen MR) is 279 cm³/mol. The second kappa shape index (κ2) is 53.2. The molecule has 0 N–H and O–H groups in total. The Kier molecular flexibility index (Phi) is 50.4. The van der Waals surface area contributed by atoms with Crippen LogP contribution in [0.15, 0.2) is 85.1 Å². The fourth-order valence-electron chi connectivity index (χ4n) is 7.40. The van der Waals surface area contributed by atoms with Crippen molar-refractivity contribution < 1.29 is 28.6 Å². The first kappa shape index (κ1) is 61.6. The summed E-state index contributed by atoms with van der Waals surface area (Å²) in [5.74, 6) is -0.986. The maximum atomic E-state index is 12.8. The van der Waals surface area contributed by atoms with E-state index in [2.05, 4.69) is 51.2 Å². The van der Waals surface area contributed by atoms with Gasteiger partial charge in [-0.2, -0.15) is 0 Å². The molecule has 0 radical (unpaired) electrons. The molecule has 0 amide bonds. The minimum Gasteiger partial charge on any atom is -0.462 e. The number of hydrogen-bond donors (Lipinski definition) is 0. The van der Waals surface area contributed by atoms with E-state index < -0.39 is 6.10 Å². The van der Waals surface area contributed by atoms with E-state index in [4.69, 9.17) is 14.2 Å². The van der Waals surface area contributed by atoms with E-state index in [1.807, 2.05) is 54.7 Å². The van der Waals surface area contributed by atoms with Crippen molar-refractivity contribution in [3.63, 3.8) is 0 Å². The number of esters is 3. The Morgan fingerprint density at radius 1 is 0.323 bits per heavy atom. The predicted octanol–water partition coefficient (Wildman–Crippen LogP) is 18.0. The van der Waals surface area contributed by atoms with E-state index in [1.165, 1.54) is 154 Å². The molecule has 65 heavy (non-hydrogen) atoms. The number of ether oxygens (including phenoxy) is 3. The summed E-state index contributed by atoms with van der Waals surface area (Å²) in [6, 6.07) is 0. The monoisotopic (exact) mass is 905 g/mol. The third kappa shape index (κ3) is 51.4. The van der Waals surface area contributed by atoms with Crippen molar-refractivity contribution in [2.24, 2.45) is 0 Å². The standard InChI is InChI=1S/C59H100O6/c1-4-7-10-13-16-19-22-25-27-29-31-34-37-40-43-46-49-52-58(61)64-55-56(54-63-57(60)51-48-45-42-39-36-33-24-21-18-15-12-9-6-3)65-59(62)53-50-47-44-41-38-35-32-30-28-26-23-20-17-14-11-8-5-2/h9,12,15,18,21,24-28,33,36,39,42,56H,4-8,10-11,13-14,16-17,19-20,22-23,29-32,34-35,37-38,40-41,43-55H2,1-3H3/b12-9-,18-15-,24-21-,27-25-,28-26-,36-33-,42-39-. The molecule has 0 heterocycles. The summed E-state index contributed by atoms with van der Waals surface area (Å²) in [5, 5.41) is 0. The van der Waals surface area contributed by atoms with Crippen molar-refractivity contribution in [3.8, 4) is 0 Å². The molecular weight excluding hydrogens is 805 g/mol. The van der Waals surface area contributed by atoms with Gasteiger partial charge in [-0.05, 0) is 83.5 Å². The van der Waals surface area contributed by atoms with Crippen LogP contribution in [0.2, 0.25) is 0 Å². The van der Waals surface area contributed by atoms with Gasteiger partial charge in [-0.15, -0.1) is 0 Å². The lowest BCUT2D eigenvalue weighted by molar-refractivity contribution is -0.167. The van der Waals surface area contributed by atoms with Crippen LogP contribution in [0.25, 0.3) is 0 Å². The third-order valence-electron chi connectivity index (χ3n) is 11.5. The Morgan fingerprint density at radius 2 is 0.631 bits per heavy atom. The summed E-state index contributed by atoms with van der Waals surface area (Å²) in [6.45, 7) is 6.42. The fraction of sp³-hybridized carbons (Fsp3) is 0.712. The molecule has 0 spiro atoms. The van der Waals surface area contributed by atoms with Gasteiger partial charge in [0.15, 0.2) is 6.10 Å². The van der Waals surface area contributed by atoms with Crippen molar-refractivity contribution in [1.82, 2.24) is 0 Å². The molecule has 0 aromatic heterocycles. The van der Waals surface area contributed by atoms with Crippen molar-refractivity contribution in [2.75, 3.05) is 13.2 Å². The van der Waals surface area contributed by atoms with Crippen molar-refractivity contribution in [1.29, 1.82) is 0 Å². The smallest absolute Gasteiger partial charge is 0.306 e. The second-order valence-electron chi connectivity index (χ2n) is 17.9. The number of rotatable bonds is 48. The van der Waals surface area contributed by atoms with Crippen LogP contribution in [-0.4, -0.2) is 37.2 Å². The number of unbranched alkanes of at least 4 members (excludes halogenated alkanes) is 27. The third-order valence-corrected chi connectivity index (χ3v) is 11.5. The Hall–Kier alpha value is -3.41. The maximum Gasteiger partial charge on any atom is 0.306 e. The van der Waals surface area contributed by atoms with E-state index in [1.54, 1.807) is 0 Å². The van der Waals surface area contributed by atoms with Crippen LogP contribution in [0, 0.1) is 0 Å². The van der Waals surface area contributed by atoms with Gasteiger partial charge in [-0.3, -0.25) is 14.4 Å². The lowest BCUT2D eigenvalue weighted by atomic mass is 10.1. The zero-order chi connectivity index (χ0) is 47.2. The average Bonchev–Trinajstić information content (AvgIpc) is 3.30. The lowest BCUT2D eigenvalue weighted by Gasteiger charge is -2.18. The topological polar surface area (TPSA) is 78.9 Å². The highest BCUT2D eigenvalue weighted by Crippen LogP contribution is 2.14. The number of carbonyl (C=O) groups excluding carboxylic acids is 3. The molecule has 0 aliphatic heterocycles. The Labute approximate surface area is 401 Å². The molecule has 1 unspecified atom stereocenters. The molecule has 1 atom stereocenters. The highest BCUT2D eigenvalue weighted by molar-refractivity contribution is 5.71. The first-order chi connectivity index (χ1) is 32.0. The van der Waals surface area contributed by atoms with Crippen LogP contribution in [0.3, 0.4) is 0 Å². The summed E-state index contributed by atoms with van der Waals surface area (Å²) in [5.41, 5.74) is 0. The van der Waals surface area contributed by atoms with Crippen LogP contribution in [0.5, 0.6) is 0 Å². The lowest BCUT2D eigenvalue weighted by Crippen LogP contribution is -2.30. The summed E-state index contributed by atoms with van der Waals surface area (Å²) < 4.78 is 16.8. The molecular formula is C59H100O6. The Morgan fingerprint density at radius 3 is 1.03 bits per heavy atom. The van der Waals surface area contributed by atoms with Gasteiger partial charge >= 0.3 is 17.9 Å². The van der Waals surface area contributed by atoms with E-state index >= 15 is 0 Å². The molecule has 372 valence electrons. The molecule has 6 heteroatoms. The van der Waals surface area contributed by atoms with Gasteiger partial charge in [-0.1, -0.05) is 234 Å². The number of hydrogen-bond acceptors (Lipinski definition) is 6. The largest absolute Gasteiger partial charge is 0.462 e. The molecule has 0 fully saturated rings. The quantitative estimate of drug-likeness (QED) is 0.0199. The van der Waals surface area contributed by atoms with Crippen LogP contribution in [0.4, 0.5) is 0 Å². The van der Waals surface area contributed by atoms with Gasteiger partial charge in [0, 0.05) is 19.3 Å². The van der Waals surface area contributed by atoms with E-state index in [-0.39, 0.29) is 37.5 Å². The Balaban J connectivity index is 4.46.